The Kier molecular flexibility index (Phi) is 4.73. The summed E-state index contributed by atoms with van der Waals surface area (Å²) in [5.74, 6) is 1.40. The highest BCUT2D eigenvalue weighted by Gasteiger charge is 2.31. The Hall–Kier alpha value is -1.79. The molecule has 1 fully saturated rings. The summed E-state index contributed by atoms with van der Waals surface area (Å²) >= 11 is 0. The van der Waals surface area contributed by atoms with E-state index in [9.17, 15) is 5.11 Å². The summed E-state index contributed by atoms with van der Waals surface area (Å²) in [4.78, 5) is 9.13. The standard InChI is InChI=1S/C17H26N4O2/c1-17(22,15-6-5-11-23-15)13-19-16(18-2)21-10-7-14(12-21)20-8-3-4-9-20/h3-6,11,14,22H,7-10,12-13H2,1-2H3,(H,18,19). The number of rotatable bonds is 4. The normalized spacial score (nSPS) is 25.1. The monoisotopic (exact) mass is 318 g/mol. The Morgan fingerprint density at radius 2 is 2.26 bits per heavy atom. The minimum atomic E-state index is -1.06. The van der Waals surface area contributed by atoms with Crippen LogP contribution in [0.5, 0.6) is 0 Å². The summed E-state index contributed by atoms with van der Waals surface area (Å²) < 4.78 is 5.32. The van der Waals surface area contributed by atoms with Crippen molar-refractivity contribution in [1.82, 2.24) is 15.1 Å². The number of nitrogens with one attached hydrogen (secondary N) is 1. The van der Waals surface area contributed by atoms with Gasteiger partial charge in [0.15, 0.2) is 5.96 Å². The first-order valence-electron chi connectivity index (χ1n) is 8.21. The number of furan rings is 1. The van der Waals surface area contributed by atoms with Crippen LogP contribution in [0.3, 0.4) is 0 Å². The number of hydrogen-bond acceptors (Lipinski definition) is 4. The molecular weight excluding hydrogens is 292 g/mol. The first-order valence-corrected chi connectivity index (χ1v) is 8.21. The molecule has 3 heterocycles. The molecule has 6 heteroatoms. The third-order valence-electron chi connectivity index (χ3n) is 4.68. The van der Waals surface area contributed by atoms with E-state index in [-0.39, 0.29) is 0 Å². The number of aliphatic imine (C=N–C) groups is 1. The largest absolute Gasteiger partial charge is 0.466 e. The molecule has 1 aromatic heterocycles. The topological polar surface area (TPSA) is 64.2 Å². The first kappa shape index (κ1) is 16.1. The van der Waals surface area contributed by atoms with Gasteiger partial charge in [-0.15, -0.1) is 0 Å². The van der Waals surface area contributed by atoms with Gasteiger partial charge in [0.05, 0.1) is 12.8 Å². The third kappa shape index (κ3) is 3.59. The fraction of sp³-hybridized carbons (Fsp3) is 0.588. The molecule has 0 aliphatic carbocycles. The van der Waals surface area contributed by atoms with Crippen LogP contribution in [0.1, 0.15) is 19.1 Å². The molecule has 23 heavy (non-hydrogen) atoms. The zero-order valence-corrected chi connectivity index (χ0v) is 13.9. The SMILES string of the molecule is CN=C(NCC(C)(O)c1ccco1)N1CCC(N2CC=CC2)C1. The van der Waals surface area contributed by atoms with Crippen molar-refractivity contribution in [3.63, 3.8) is 0 Å². The number of guanidine groups is 1. The molecular formula is C17H26N4O2. The van der Waals surface area contributed by atoms with E-state index in [4.69, 9.17) is 4.42 Å². The third-order valence-corrected chi connectivity index (χ3v) is 4.68. The molecule has 0 radical (unpaired) electrons. The van der Waals surface area contributed by atoms with Gasteiger partial charge in [-0.25, -0.2) is 0 Å². The van der Waals surface area contributed by atoms with Crippen molar-refractivity contribution >= 4 is 5.96 Å². The minimum absolute atomic E-state index is 0.361. The fourth-order valence-electron chi connectivity index (χ4n) is 3.28. The second kappa shape index (κ2) is 6.76. The molecule has 1 aromatic rings. The summed E-state index contributed by atoms with van der Waals surface area (Å²) in [7, 11) is 1.79. The van der Waals surface area contributed by atoms with Gasteiger partial charge >= 0.3 is 0 Å². The highest BCUT2D eigenvalue weighted by Crippen LogP contribution is 2.21. The number of hydrogen-bond donors (Lipinski definition) is 2. The van der Waals surface area contributed by atoms with Gasteiger partial charge in [-0.3, -0.25) is 9.89 Å². The van der Waals surface area contributed by atoms with Crippen molar-refractivity contribution in [2.45, 2.75) is 25.0 Å². The molecule has 0 bridgehead atoms. The Labute approximate surface area is 137 Å². The summed E-state index contributed by atoms with van der Waals surface area (Å²) in [5.41, 5.74) is -1.06. The van der Waals surface area contributed by atoms with E-state index in [2.05, 4.69) is 32.3 Å². The van der Waals surface area contributed by atoms with Crippen LogP contribution in [-0.2, 0) is 5.60 Å². The second-order valence-electron chi connectivity index (χ2n) is 6.47. The molecule has 2 atom stereocenters. The molecule has 1 saturated heterocycles. The van der Waals surface area contributed by atoms with Gasteiger partial charge in [0.2, 0.25) is 0 Å². The number of aliphatic hydroxyl groups is 1. The number of likely N-dealkylation sites (tertiary alicyclic amines) is 1. The Bertz CT molecular complexity index is 557. The summed E-state index contributed by atoms with van der Waals surface area (Å²) in [6, 6.07) is 4.15. The molecule has 2 aliphatic heterocycles. The fourth-order valence-corrected chi connectivity index (χ4v) is 3.28. The minimum Gasteiger partial charge on any atom is -0.466 e. The maximum Gasteiger partial charge on any atom is 0.193 e. The van der Waals surface area contributed by atoms with Gasteiger partial charge in [0.25, 0.3) is 0 Å². The lowest BCUT2D eigenvalue weighted by atomic mass is 10.0. The van der Waals surface area contributed by atoms with Gasteiger partial charge in [0, 0.05) is 39.3 Å². The predicted octanol–water partition coefficient (Wildman–Crippen LogP) is 1.01. The Balaban J connectivity index is 1.54. The molecule has 126 valence electrons. The van der Waals surface area contributed by atoms with Gasteiger partial charge in [0.1, 0.15) is 11.4 Å². The average Bonchev–Trinajstić information content (AvgIpc) is 3.28. The zero-order valence-electron chi connectivity index (χ0n) is 13.9. The van der Waals surface area contributed by atoms with Crippen LogP contribution in [0.25, 0.3) is 0 Å². The Morgan fingerprint density at radius 3 is 2.91 bits per heavy atom. The first-order chi connectivity index (χ1) is 11.1. The highest BCUT2D eigenvalue weighted by atomic mass is 16.4. The van der Waals surface area contributed by atoms with Crippen LogP contribution >= 0.6 is 0 Å². The maximum atomic E-state index is 10.5. The molecule has 0 amide bonds. The van der Waals surface area contributed by atoms with Crippen LogP contribution < -0.4 is 5.32 Å². The van der Waals surface area contributed by atoms with Crippen molar-refractivity contribution in [2.24, 2.45) is 4.99 Å². The molecule has 6 nitrogen and oxygen atoms in total. The molecule has 2 aliphatic rings. The van der Waals surface area contributed by atoms with Crippen molar-refractivity contribution in [3.8, 4) is 0 Å². The van der Waals surface area contributed by atoms with E-state index in [1.165, 1.54) is 0 Å². The van der Waals surface area contributed by atoms with Crippen LogP contribution in [0.4, 0.5) is 0 Å². The molecule has 2 unspecified atom stereocenters. The molecule has 0 aromatic carbocycles. The van der Waals surface area contributed by atoms with Crippen molar-refractivity contribution in [3.05, 3.63) is 36.3 Å². The highest BCUT2D eigenvalue weighted by molar-refractivity contribution is 5.80. The summed E-state index contributed by atoms with van der Waals surface area (Å²) in [6.07, 6.45) is 7.19. The molecule has 3 rings (SSSR count). The van der Waals surface area contributed by atoms with Crippen LogP contribution in [0.2, 0.25) is 0 Å². The summed E-state index contributed by atoms with van der Waals surface area (Å²) in [6.45, 7) is 6.18. The van der Waals surface area contributed by atoms with Crippen LogP contribution in [0, 0.1) is 0 Å². The van der Waals surface area contributed by atoms with Gasteiger partial charge in [-0.05, 0) is 25.5 Å². The van der Waals surface area contributed by atoms with Gasteiger partial charge in [-0.2, -0.15) is 0 Å². The predicted molar refractivity (Wildman–Crippen MR) is 90.3 cm³/mol. The smallest absolute Gasteiger partial charge is 0.193 e. The molecule has 0 spiro atoms. The van der Waals surface area contributed by atoms with E-state index in [1.54, 1.807) is 32.4 Å². The quantitative estimate of drug-likeness (QED) is 0.493. The lowest BCUT2D eigenvalue weighted by Gasteiger charge is -2.28. The van der Waals surface area contributed by atoms with E-state index >= 15 is 0 Å². The molecule has 2 N–H and O–H groups in total. The summed E-state index contributed by atoms with van der Waals surface area (Å²) in [5, 5.41) is 13.8. The van der Waals surface area contributed by atoms with Crippen molar-refractivity contribution < 1.29 is 9.52 Å². The van der Waals surface area contributed by atoms with Crippen LogP contribution in [-0.4, -0.2) is 66.7 Å². The van der Waals surface area contributed by atoms with Crippen LogP contribution in [0.15, 0.2) is 40.0 Å². The second-order valence-corrected chi connectivity index (χ2v) is 6.47. The lowest BCUT2D eigenvalue weighted by Crippen LogP contribution is -2.46. The maximum absolute atomic E-state index is 10.5. The zero-order chi connectivity index (χ0) is 16.3. The molecule has 0 saturated carbocycles. The Morgan fingerprint density at radius 1 is 1.48 bits per heavy atom. The van der Waals surface area contributed by atoms with Crippen molar-refractivity contribution in [2.75, 3.05) is 39.8 Å². The van der Waals surface area contributed by atoms with E-state index in [0.717, 1.165) is 38.6 Å². The number of nitrogens with zero attached hydrogens (tertiary/aromatic N) is 3. The van der Waals surface area contributed by atoms with E-state index in [1.807, 2.05) is 0 Å². The van der Waals surface area contributed by atoms with Gasteiger partial charge < -0.3 is 19.7 Å². The average molecular weight is 318 g/mol. The van der Waals surface area contributed by atoms with E-state index in [0.29, 0.717) is 18.3 Å². The van der Waals surface area contributed by atoms with Gasteiger partial charge in [-0.1, -0.05) is 12.2 Å². The lowest BCUT2D eigenvalue weighted by molar-refractivity contribution is 0.0380. The van der Waals surface area contributed by atoms with E-state index < -0.39 is 5.60 Å². The van der Waals surface area contributed by atoms with Crippen molar-refractivity contribution in [1.29, 1.82) is 0 Å².